The number of amides is 1. The van der Waals surface area contributed by atoms with E-state index in [-0.39, 0.29) is 17.4 Å². The molecule has 2 aromatic carbocycles. The Morgan fingerprint density at radius 2 is 1.69 bits per heavy atom. The van der Waals surface area contributed by atoms with Crippen LogP contribution < -0.4 is 15.4 Å². The molecule has 0 aliphatic rings. The highest BCUT2D eigenvalue weighted by atomic mass is 19.1. The molecule has 132 valence electrons. The van der Waals surface area contributed by atoms with E-state index in [1.807, 2.05) is 6.92 Å². The van der Waals surface area contributed by atoms with Crippen LogP contribution in [0, 0.1) is 5.82 Å². The third kappa shape index (κ3) is 4.54. The van der Waals surface area contributed by atoms with Gasteiger partial charge in [-0.15, -0.1) is 0 Å². The van der Waals surface area contributed by atoms with Crippen LogP contribution in [0.3, 0.4) is 0 Å². The van der Waals surface area contributed by atoms with Crippen molar-refractivity contribution in [3.05, 3.63) is 72.4 Å². The van der Waals surface area contributed by atoms with Crippen LogP contribution in [0.4, 0.5) is 21.6 Å². The van der Waals surface area contributed by atoms with Gasteiger partial charge in [-0.1, -0.05) is 0 Å². The number of nitrogens with zero attached hydrogens (tertiary/aromatic N) is 2. The molecule has 1 heterocycles. The van der Waals surface area contributed by atoms with Gasteiger partial charge < -0.3 is 15.4 Å². The van der Waals surface area contributed by atoms with E-state index in [4.69, 9.17) is 4.74 Å². The summed E-state index contributed by atoms with van der Waals surface area (Å²) >= 11 is 0. The van der Waals surface area contributed by atoms with Gasteiger partial charge in [0.15, 0.2) is 0 Å². The number of carbonyl (C=O) groups is 1. The monoisotopic (exact) mass is 352 g/mol. The Kier molecular flexibility index (Phi) is 5.38. The molecule has 3 aromatic rings. The molecule has 1 aromatic heterocycles. The fourth-order valence-corrected chi connectivity index (χ4v) is 2.19. The van der Waals surface area contributed by atoms with Crippen molar-refractivity contribution < 1.29 is 13.9 Å². The summed E-state index contributed by atoms with van der Waals surface area (Å²) in [4.78, 5) is 20.5. The second-order valence-electron chi connectivity index (χ2n) is 5.33. The van der Waals surface area contributed by atoms with E-state index in [0.29, 0.717) is 23.8 Å². The highest BCUT2D eigenvalue weighted by Gasteiger charge is 2.09. The first-order chi connectivity index (χ1) is 12.6. The quantitative estimate of drug-likeness (QED) is 0.701. The molecule has 0 atom stereocenters. The highest BCUT2D eigenvalue weighted by Crippen LogP contribution is 2.17. The van der Waals surface area contributed by atoms with Gasteiger partial charge in [-0.2, -0.15) is 0 Å². The van der Waals surface area contributed by atoms with Crippen LogP contribution in [-0.4, -0.2) is 22.5 Å². The van der Waals surface area contributed by atoms with Crippen LogP contribution in [0.5, 0.6) is 5.75 Å². The van der Waals surface area contributed by atoms with Gasteiger partial charge in [0.2, 0.25) is 0 Å². The Labute approximate surface area is 150 Å². The molecule has 0 aliphatic heterocycles. The molecule has 0 saturated carbocycles. The lowest BCUT2D eigenvalue weighted by Gasteiger charge is -2.08. The average molecular weight is 352 g/mol. The maximum Gasteiger partial charge on any atom is 0.275 e. The van der Waals surface area contributed by atoms with E-state index in [1.165, 1.54) is 24.5 Å². The van der Waals surface area contributed by atoms with E-state index in [9.17, 15) is 9.18 Å². The topological polar surface area (TPSA) is 76.1 Å². The Bertz CT molecular complexity index is 866. The largest absolute Gasteiger partial charge is 0.494 e. The number of rotatable bonds is 6. The summed E-state index contributed by atoms with van der Waals surface area (Å²) in [6.07, 6.45) is 2.81. The molecule has 7 heteroatoms. The van der Waals surface area contributed by atoms with Crippen molar-refractivity contribution in [3.63, 3.8) is 0 Å². The lowest BCUT2D eigenvalue weighted by atomic mass is 10.3. The minimum absolute atomic E-state index is 0.184. The number of carbonyl (C=O) groups excluding carboxylic acids is 1. The van der Waals surface area contributed by atoms with Gasteiger partial charge in [-0.25, -0.2) is 14.4 Å². The van der Waals surface area contributed by atoms with Gasteiger partial charge in [0.05, 0.1) is 19.0 Å². The van der Waals surface area contributed by atoms with E-state index < -0.39 is 0 Å². The van der Waals surface area contributed by atoms with Gasteiger partial charge in [-0.05, 0) is 55.5 Å². The van der Waals surface area contributed by atoms with Crippen molar-refractivity contribution in [1.82, 2.24) is 9.97 Å². The van der Waals surface area contributed by atoms with Gasteiger partial charge in [0.25, 0.3) is 5.91 Å². The van der Waals surface area contributed by atoms with Crippen molar-refractivity contribution in [3.8, 4) is 5.75 Å². The number of benzene rings is 2. The number of ether oxygens (including phenoxy) is 1. The molecule has 0 unspecified atom stereocenters. The summed E-state index contributed by atoms with van der Waals surface area (Å²) in [5.74, 6) is 0.508. The Hall–Kier alpha value is -3.48. The number of anilines is 3. The van der Waals surface area contributed by atoms with Crippen LogP contribution in [0.25, 0.3) is 0 Å². The second-order valence-corrected chi connectivity index (χ2v) is 5.33. The molecule has 26 heavy (non-hydrogen) atoms. The molecular formula is C19H17FN4O2. The van der Waals surface area contributed by atoms with Gasteiger partial charge in [0.1, 0.15) is 23.1 Å². The Balaban J connectivity index is 1.62. The number of hydrogen-bond donors (Lipinski definition) is 2. The smallest absolute Gasteiger partial charge is 0.275 e. The fourth-order valence-electron chi connectivity index (χ4n) is 2.19. The molecule has 0 saturated heterocycles. The molecule has 0 radical (unpaired) electrons. The minimum atomic E-state index is -0.366. The molecule has 0 bridgehead atoms. The normalized spacial score (nSPS) is 10.2. The van der Waals surface area contributed by atoms with Crippen LogP contribution >= 0.6 is 0 Å². The molecule has 6 nitrogen and oxygen atoms in total. The van der Waals surface area contributed by atoms with E-state index >= 15 is 0 Å². The van der Waals surface area contributed by atoms with Crippen molar-refractivity contribution in [2.45, 2.75) is 6.92 Å². The molecule has 0 spiro atoms. The summed E-state index contributed by atoms with van der Waals surface area (Å²) in [6.45, 7) is 2.49. The summed E-state index contributed by atoms with van der Waals surface area (Å²) in [5, 5.41) is 5.72. The predicted molar refractivity (Wildman–Crippen MR) is 97.3 cm³/mol. The van der Waals surface area contributed by atoms with Gasteiger partial charge in [0, 0.05) is 11.4 Å². The lowest BCUT2D eigenvalue weighted by Crippen LogP contribution is -2.14. The number of nitrogens with one attached hydrogen (secondary N) is 2. The lowest BCUT2D eigenvalue weighted by molar-refractivity contribution is 0.102. The Morgan fingerprint density at radius 1 is 1.00 bits per heavy atom. The number of aromatic nitrogens is 2. The van der Waals surface area contributed by atoms with E-state index in [1.54, 1.807) is 36.4 Å². The van der Waals surface area contributed by atoms with Gasteiger partial charge in [-0.3, -0.25) is 4.79 Å². The van der Waals surface area contributed by atoms with E-state index in [2.05, 4.69) is 20.6 Å². The maximum absolute atomic E-state index is 12.9. The first-order valence-electron chi connectivity index (χ1n) is 8.03. The number of hydrogen-bond acceptors (Lipinski definition) is 5. The summed E-state index contributed by atoms with van der Waals surface area (Å²) in [5.41, 5.74) is 1.49. The van der Waals surface area contributed by atoms with Crippen molar-refractivity contribution >= 4 is 23.1 Å². The van der Waals surface area contributed by atoms with Crippen LogP contribution in [0.15, 0.2) is 60.9 Å². The first-order valence-corrected chi connectivity index (χ1v) is 8.03. The highest BCUT2D eigenvalue weighted by molar-refractivity contribution is 6.02. The SMILES string of the molecule is CCOc1ccc(NC(=O)c2cnc(Nc3ccc(F)cc3)cn2)cc1. The summed E-state index contributed by atoms with van der Waals surface area (Å²) < 4.78 is 18.3. The predicted octanol–water partition coefficient (Wildman–Crippen LogP) is 4.01. The van der Waals surface area contributed by atoms with Crippen molar-refractivity contribution in [2.75, 3.05) is 17.2 Å². The minimum Gasteiger partial charge on any atom is -0.494 e. The molecule has 2 N–H and O–H groups in total. The second kappa shape index (κ2) is 8.06. The van der Waals surface area contributed by atoms with Gasteiger partial charge >= 0.3 is 0 Å². The zero-order chi connectivity index (χ0) is 18.4. The maximum atomic E-state index is 12.9. The molecule has 1 amide bonds. The van der Waals surface area contributed by atoms with Crippen LogP contribution in [0.1, 0.15) is 17.4 Å². The third-order valence-electron chi connectivity index (χ3n) is 3.42. The summed E-state index contributed by atoms with van der Waals surface area (Å²) in [6, 6.07) is 12.9. The molecular weight excluding hydrogens is 335 g/mol. The Morgan fingerprint density at radius 3 is 2.31 bits per heavy atom. The zero-order valence-corrected chi connectivity index (χ0v) is 14.1. The average Bonchev–Trinajstić information content (AvgIpc) is 2.66. The van der Waals surface area contributed by atoms with Crippen molar-refractivity contribution in [2.24, 2.45) is 0 Å². The first kappa shape index (κ1) is 17.3. The summed E-state index contributed by atoms with van der Waals surface area (Å²) in [7, 11) is 0. The van der Waals surface area contributed by atoms with Crippen LogP contribution in [0.2, 0.25) is 0 Å². The molecule has 0 fully saturated rings. The number of halogens is 1. The zero-order valence-electron chi connectivity index (χ0n) is 14.1. The van der Waals surface area contributed by atoms with E-state index in [0.717, 1.165) is 5.75 Å². The standard InChI is InChI=1S/C19H17FN4O2/c1-2-26-16-9-7-15(8-10-16)24-19(25)17-11-22-18(12-21-17)23-14-5-3-13(20)4-6-14/h3-12H,2H2,1H3,(H,22,23)(H,24,25). The fraction of sp³-hybridized carbons (Fsp3) is 0.105. The third-order valence-corrected chi connectivity index (χ3v) is 3.42. The van der Waals surface area contributed by atoms with Crippen LogP contribution in [-0.2, 0) is 0 Å². The molecule has 3 rings (SSSR count). The van der Waals surface area contributed by atoms with Crippen molar-refractivity contribution in [1.29, 1.82) is 0 Å². The molecule has 0 aliphatic carbocycles.